The van der Waals surface area contributed by atoms with Crippen LogP contribution in [0.5, 0.6) is 23.0 Å². The number of esters is 1. The van der Waals surface area contributed by atoms with Crippen LogP contribution >= 0.6 is 0 Å². The van der Waals surface area contributed by atoms with E-state index in [1.165, 1.54) is 25.1 Å². The molecule has 0 aliphatic carbocycles. The molecule has 1 atom stereocenters. The van der Waals surface area contributed by atoms with Gasteiger partial charge in [0.25, 0.3) is 0 Å². The highest BCUT2D eigenvalue weighted by atomic mass is 19.3. The number of halogens is 2. The Kier molecular flexibility index (Phi) is 6.64. The molecule has 3 rings (SSSR count). The summed E-state index contributed by atoms with van der Waals surface area (Å²) in [6.45, 7) is 1.27. The van der Waals surface area contributed by atoms with Gasteiger partial charge >= 0.3 is 11.9 Å². The molecule has 30 heavy (non-hydrogen) atoms. The Morgan fingerprint density at radius 2 is 1.43 bits per heavy atom. The molecule has 5 nitrogen and oxygen atoms in total. The van der Waals surface area contributed by atoms with E-state index in [0.29, 0.717) is 17.2 Å². The second-order valence-corrected chi connectivity index (χ2v) is 6.36. The van der Waals surface area contributed by atoms with Crippen LogP contribution in [0.3, 0.4) is 0 Å². The van der Waals surface area contributed by atoms with Crippen molar-refractivity contribution >= 4 is 5.97 Å². The highest BCUT2D eigenvalue weighted by Gasteiger charge is 2.48. The Morgan fingerprint density at radius 1 is 0.900 bits per heavy atom. The quantitative estimate of drug-likeness (QED) is 0.496. The second-order valence-electron chi connectivity index (χ2n) is 6.36. The molecule has 3 aromatic carbocycles. The molecule has 3 aromatic rings. The number of hydrogen-bond donors (Lipinski definition) is 1. The van der Waals surface area contributed by atoms with Crippen molar-refractivity contribution in [2.24, 2.45) is 5.73 Å². The molecule has 156 valence electrons. The van der Waals surface area contributed by atoms with Crippen LogP contribution in [0.2, 0.25) is 0 Å². The normalized spacial score (nSPS) is 12.1. The first-order valence-corrected chi connectivity index (χ1v) is 9.32. The fourth-order valence-electron chi connectivity index (χ4n) is 2.68. The molecule has 0 saturated heterocycles. The Morgan fingerprint density at radius 3 is 1.97 bits per heavy atom. The van der Waals surface area contributed by atoms with Crippen molar-refractivity contribution in [3.63, 3.8) is 0 Å². The lowest BCUT2D eigenvalue weighted by molar-refractivity contribution is -0.174. The largest absolute Gasteiger partial charge is 0.462 e. The minimum Gasteiger partial charge on any atom is -0.462 e. The number of para-hydroxylation sites is 2. The second kappa shape index (κ2) is 9.37. The monoisotopic (exact) mass is 413 g/mol. The van der Waals surface area contributed by atoms with Gasteiger partial charge in [-0.15, -0.1) is 0 Å². The van der Waals surface area contributed by atoms with Crippen molar-refractivity contribution < 1.29 is 27.8 Å². The highest BCUT2D eigenvalue weighted by molar-refractivity contribution is 5.79. The molecular formula is C23H21F2NO4. The zero-order chi connectivity index (χ0) is 21.6. The molecule has 0 aliphatic rings. The number of alkyl halides is 2. The van der Waals surface area contributed by atoms with E-state index >= 15 is 0 Å². The lowest BCUT2D eigenvalue weighted by Gasteiger charge is -2.23. The predicted octanol–water partition coefficient (Wildman–Crippen LogP) is 5.47. The fraction of sp³-hybridized carbons (Fsp3) is 0.174. The van der Waals surface area contributed by atoms with E-state index in [1.54, 1.807) is 48.5 Å². The summed E-state index contributed by atoms with van der Waals surface area (Å²) in [4.78, 5) is 11.7. The Hall–Kier alpha value is -3.45. The van der Waals surface area contributed by atoms with Gasteiger partial charge < -0.3 is 19.9 Å². The lowest BCUT2D eigenvalue weighted by atomic mass is 10.0. The summed E-state index contributed by atoms with van der Waals surface area (Å²) >= 11 is 0. The molecule has 0 amide bonds. The van der Waals surface area contributed by atoms with Gasteiger partial charge in [-0.2, -0.15) is 8.78 Å². The smallest absolute Gasteiger partial charge is 0.379 e. The maximum atomic E-state index is 14.4. The zero-order valence-corrected chi connectivity index (χ0v) is 16.3. The minimum atomic E-state index is -3.90. The molecule has 0 radical (unpaired) electrons. The standard InChI is InChI=1S/C23H21F2NO4/c1-2-28-22(27)23(24,25)21(26)16-13-14-19(29-17-9-5-3-6-10-17)20(15-16)30-18-11-7-4-8-12-18/h3-15,21H,2,26H2,1H3/t21-/m1/s1. The molecule has 0 saturated carbocycles. The molecule has 7 heteroatoms. The van der Waals surface area contributed by atoms with Crippen molar-refractivity contribution in [3.05, 3.63) is 84.4 Å². The van der Waals surface area contributed by atoms with Gasteiger partial charge in [-0.1, -0.05) is 42.5 Å². The number of nitrogens with two attached hydrogens (primary N) is 1. The van der Waals surface area contributed by atoms with E-state index in [0.717, 1.165) is 0 Å². The van der Waals surface area contributed by atoms with E-state index in [-0.39, 0.29) is 17.9 Å². The third kappa shape index (κ3) is 4.93. The summed E-state index contributed by atoms with van der Waals surface area (Å²) in [5, 5.41) is 0. The molecule has 0 spiro atoms. The summed E-state index contributed by atoms with van der Waals surface area (Å²) < 4.78 is 45.0. The maximum Gasteiger partial charge on any atom is 0.379 e. The van der Waals surface area contributed by atoms with Gasteiger partial charge in [0.1, 0.15) is 17.5 Å². The van der Waals surface area contributed by atoms with E-state index in [9.17, 15) is 13.6 Å². The van der Waals surface area contributed by atoms with Gasteiger partial charge in [0, 0.05) is 0 Å². The van der Waals surface area contributed by atoms with Gasteiger partial charge in [-0.25, -0.2) is 4.79 Å². The molecular weight excluding hydrogens is 392 g/mol. The zero-order valence-electron chi connectivity index (χ0n) is 16.3. The average Bonchev–Trinajstić information content (AvgIpc) is 2.76. The van der Waals surface area contributed by atoms with Crippen molar-refractivity contribution in [1.82, 2.24) is 0 Å². The number of carbonyl (C=O) groups is 1. The highest BCUT2D eigenvalue weighted by Crippen LogP contribution is 2.39. The first-order valence-electron chi connectivity index (χ1n) is 9.32. The molecule has 0 aromatic heterocycles. The average molecular weight is 413 g/mol. The van der Waals surface area contributed by atoms with Crippen molar-refractivity contribution in [1.29, 1.82) is 0 Å². The van der Waals surface area contributed by atoms with Crippen LogP contribution in [0.4, 0.5) is 8.78 Å². The third-order valence-corrected chi connectivity index (χ3v) is 4.21. The van der Waals surface area contributed by atoms with E-state index in [2.05, 4.69) is 4.74 Å². The van der Waals surface area contributed by atoms with Crippen molar-refractivity contribution in [2.75, 3.05) is 6.61 Å². The predicted molar refractivity (Wildman–Crippen MR) is 108 cm³/mol. The van der Waals surface area contributed by atoms with Crippen molar-refractivity contribution in [2.45, 2.75) is 18.9 Å². The Bertz CT molecular complexity index is 981. The number of hydrogen-bond acceptors (Lipinski definition) is 5. The molecule has 0 unspecified atom stereocenters. The SMILES string of the molecule is CCOC(=O)C(F)(F)[C@H](N)c1ccc(Oc2ccccc2)c(Oc2ccccc2)c1. The number of ether oxygens (including phenoxy) is 3. The summed E-state index contributed by atoms with van der Waals surface area (Å²) in [6.07, 6.45) is 0. The van der Waals surface area contributed by atoms with Crippen LogP contribution in [0.1, 0.15) is 18.5 Å². The Labute approximate surface area is 173 Å². The van der Waals surface area contributed by atoms with Gasteiger partial charge in [0.05, 0.1) is 6.61 Å². The van der Waals surface area contributed by atoms with Gasteiger partial charge in [-0.05, 0) is 48.9 Å². The molecule has 0 bridgehead atoms. The molecule has 2 N–H and O–H groups in total. The van der Waals surface area contributed by atoms with Crippen LogP contribution in [-0.4, -0.2) is 18.5 Å². The molecule has 0 fully saturated rings. The maximum absolute atomic E-state index is 14.4. The summed E-state index contributed by atoms with van der Waals surface area (Å²) in [5.41, 5.74) is 5.72. The van der Waals surface area contributed by atoms with Crippen molar-refractivity contribution in [3.8, 4) is 23.0 Å². The lowest BCUT2D eigenvalue weighted by Crippen LogP contribution is -2.41. The fourth-order valence-corrected chi connectivity index (χ4v) is 2.68. The van der Waals surface area contributed by atoms with Crippen LogP contribution in [0.15, 0.2) is 78.9 Å². The summed E-state index contributed by atoms with van der Waals surface area (Å²) in [5.74, 6) is -4.06. The molecule has 0 heterocycles. The Balaban J connectivity index is 1.96. The first-order chi connectivity index (χ1) is 14.4. The van der Waals surface area contributed by atoms with Crippen LogP contribution in [0.25, 0.3) is 0 Å². The van der Waals surface area contributed by atoms with Crippen LogP contribution in [-0.2, 0) is 9.53 Å². The van der Waals surface area contributed by atoms with Gasteiger partial charge in [0.15, 0.2) is 11.5 Å². The topological polar surface area (TPSA) is 70.8 Å². The van der Waals surface area contributed by atoms with E-state index in [4.69, 9.17) is 15.2 Å². The van der Waals surface area contributed by atoms with E-state index < -0.39 is 17.9 Å². The first kappa shape index (κ1) is 21.3. The van der Waals surface area contributed by atoms with E-state index in [1.807, 2.05) is 12.1 Å². The summed E-state index contributed by atoms with van der Waals surface area (Å²) in [6, 6.07) is 20.0. The number of carbonyl (C=O) groups excluding carboxylic acids is 1. The summed E-state index contributed by atoms with van der Waals surface area (Å²) in [7, 11) is 0. The van der Waals surface area contributed by atoms with Gasteiger partial charge in [0.2, 0.25) is 0 Å². The minimum absolute atomic E-state index is 0.000559. The number of benzene rings is 3. The molecule has 0 aliphatic heterocycles. The number of rotatable bonds is 8. The van der Waals surface area contributed by atoms with Gasteiger partial charge in [-0.3, -0.25) is 0 Å². The van der Waals surface area contributed by atoms with Crippen LogP contribution < -0.4 is 15.2 Å². The van der Waals surface area contributed by atoms with Crippen LogP contribution in [0, 0.1) is 0 Å². The third-order valence-electron chi connectivity index (χ3n) is 4.21.